The molecule has 1 aromatic carbocycles. The van der Waals surface area contributed by atoms with Crippen molar-refractivity contribution < 1.29 is 14.3 Å². The van der Waals surface area contributed by atoms with Gasteiger partial charge in [0.1, 0.15) is 11.4 Å². The van der Waals surface area contributed by atoms with Crippen molar-refractivity contribution in [3.05, 3.63) is 45.9 Å². The zero-order chi connectivity index (χ0) is 22.1. The van der Waals surface area contributed by atoms with Crippen LogP contribution in [0.1, 0.15) is 32.4 Å². The van der Waals surface area contributed by atoms with Gasteiger partial charge in [0.25, 0.3) is 5.91 Å². The first-order chi connectivity index (χ1) is 14.9. The van der Waals surface area contributed by atoms with Crippen LogP contribution in [0.5, 0.6) is 5.88 Å². The minimum atomic E-state index is -0.237. The normalized spacial score (nSPS) is 11.1. The van der Waals surface area contributed by atoms with Gasteiger partial charge in [0.15, 0.2) is 11.6 Å². The van der Waals surface area contributed by atoms with Crippen molar-refractivity contribution in [2.24, 2.45) is 0 Å². The van der Waals surface area contributed by atoms with Crippen LogP contribution >= 0.6 is 11.3 Å². The van der Waals surface area contributed by atoms with Crippen molar-refractivity contribution in [1.82, 2.24) is 30.2 Å². The quantitative estimate of drug-likeness (QED) is 0.487. The number of tetrazole rings is 1. The summed E-state index contributed by atoms with van der Waals surface area (Å²) in [4.78, 5) is 23.2. The summed E-state index contributed by atoms with van der Waals surface area (Å²) < 4.78 is 12.2. The van der Waals surface area contributed by atoms with E-state index in [2.05, 4.69) is 30.8 Å². The van der Waals surface area contributed by atoms with Crippen LogP contribution in [0, 0.1) is 20.8 Å². The number of fused-ring (bicyclic) bond motifs is 1. The first-order valence-corrected chi connectivity index (χ1v) is 10.2. The van der Waals surface area contributed by atoms with E-state index in [9.17, 15) is 4.79 Å². The van der Waals surface area contributed by atoms with Gasteiger partial charge in [0, 0.05) is 12.8 Å². The number of anilines is 1. The summed E-state index contributed by atoms with van der Waals surface area (Å²) >= 11 is 1.29. The van der Waals surface area contributed by atoms with Gasteiger partial charge in [-0.05, 0) is 54.5 Å². The lowest BCUT2D eigenvalue weighted by Crippen LogP contribution is -2.12. The van der Waals surface area contributed by atoms with Crippen LogP contribution in [0.2, 0.25) is 0 Å². The highest BCUT2D eigenvalue weighted by atomic mass is 32.1. The van der Waals surface area contributed by atoms with Crippen molar-refractivity contribution in [1.29, 1.82) is 0 Å². The summed E-state index contributed by atoms with van der Waals surface area (Å²) in [5, 5.41) is 15.3. The molecule has 160 valence electrons. The number of carbonyl (C=O) groups is 1. The minimum Gasteiger partial charge on any atom is -0.480 e. The van der Waals surface area contributed by atoms with E-state index >= 15 is 0 Å². The predicted octanol–water partition coefficient (Wildman–Crippen LogP) is 3.00. The fourth-order valence-corrected chi connectivity index (χ4v) is 4.35. The lowest BCUT2D eigenvalue weighted by atomic mass is 10.1. The number of carbonyl (C=O) groups excluding carboxylic acids is 1. The molecular weight excluding hydrogens is 418 g/mol. The largest absolute Gasteiger partial charge is 0.480 e. The van der Waals surface area contributed by atoms with Gasteiger partial charge in [0.05, 0.1) is 23.1 Å². The third-order valence-electron chi connectivity index (χ3n) is 4.80. The molecule has 31 heavy (non-hydrogen) atoms. The maximum atomic E-state index is 13.1. The molecule has 0 unspecified atom stereocenters. The Morgan fingerprint density at radius 1 is 1.19 bits per heavy atom. The first-order valence-electron chi connectivity index (χ1n) is 9.43. The molecule has 0 aliphatic rings. The summed E-state index contributed by atoms with van der Waals surface area (Å²) in [5.74, 6) is 1.35. The highest BCUT2D eigenvalue weighted by Gasteiger charge is 2.21. The molecule has 3 aromatic heterocycles. The number of aryl methyl sites for hydroxylation is 3. The first kappa shape index (κ1) is 20.8. The molecule has 4 aromatic rings. The van der Waals surface area contributed by atoms with Gasteiger partial charge in [-0.1, -0.05) is 6.07 Å². The molecule has 4 rings (SSSR count). The lowest BCUT2D eigenvalue weighted by Gasteiger charge is -2.10. The lowest BCUT2D eigenvalue weighted by molar-refractivity contribution is 0.103. The fourth-order valence-electron chi connectivity index (χ4n) is 3.26. The predicted molar refractivity (Wildman–Crippen MR) is 116 cm³/mol. The number of methoxy groups -OCH3 is 2. The molecule has 0 atom stereocenters. The maximum Gasteiger partial charge on any atom is 0.266 e. The van der Waals surface area contributed by atoms with Gasteiger partial charge >= 0.3 is 0 Å². The number of benzene rings is 1. The summed E-state index contributed by atoms with van der Waals surface area (Å²) in [6, 6.07) is 5.60. The molecule has 1 N–H and O–H groups in total. The number of ether oxygens (including phenoxy) is 2. The second-order valence-electron chi connectivity index (χ2n) is 6.91. The smallest absolute Gasteiger partial charge is 0.266 e. The van der Waals surface area contributed by atoms with Crippen molar-refractivity contribution in [2.75, 3.05) is 19.5 Å². The van der Waals surface area contributed by atoms with E-state index in [1.807, 2.05) is 39.0 Å². The monoisotopic (exact) mass is 439 g/mol. The number of nitrogens with one attached hydrogen (secondary N) is 1. The minimum absolute atomic E-state index is 0.237. The Labute approximate surface area is 182 Å². The van der Waals surface area contributed by atoms with Crippen LogP contribution in [0.15, 0.2) is 18.2 Å². The molecule has 0 aliphatic carbocycles. The van der Waals surface area contributed by atoms with E-state index in [4.69, 9.17) is 9.47 Å². The van der Waals surface area contributed by atoms with Crippen molar-refractivity contribution in [3.63, 3.8) is 0 Å². The number of aromatic nitrogens is 6. The molecule has 0 radical (unpaired) electrons. The van der Waals surface area contributed by atoms with E-state index in [0.29, 0.717) is 32.9 Å². The van der Waals surface area contributed by atoms with Crippen LogP contribution in [-0.2, 0) is 11.3 Å². The topological polar surface area (TPSA) is 117 Å². The maximum absolute atomic E-state index is 13.1. The van der Waals surface area contributed by atoms with E-state index in [1.165, 1.54) is 11.3 Å². The zero-order valence-electron chi connectivity index (χ0n) is 17.8. The van der Waals surface area contributed by atoms with Crippen LogP contribution in [0.25, 0.3) is 15.9 Å². The second-order valence-corrected chi connectivity index (χ2v) is 7.91. The van der Waals surface area contributed by atoms with Gasteiger partial charge in [0.2, 0.25) is 5.88 Å². The fraction of sp³-hybridized carbons (Fsp3) is 0.300. The highest BCUT2D eigenvalue weighted by molar-refractivity contribution is 7.20. The number of amides is 1. The Hall–Kier alpha value is -3.44. The van der Waals surface area contributed by atoms with Crippen LogP contribution in [0.4, 0.5) is 5.69 Å². The third-order valence-corrected chi connectivity index (χ3v) is 5.98. The van der Waals surface area contributed by atoms with Gasteiger partial charge in [-0.25, -0.2) is 4.98 Å². The summed E-state index contributed by atoms with van der Waals surface area (Å²) in [6.07, 6.45) is 0. The molecule has 0 spiro atoms. The zero-order valence-corrected chi connectivity index (χ0v) is 18.6. The van der Waals surface area contributed by atoms with Crippen molar-refractivity contribution in [3.8, 4) is 11.6 Å². The standard InChI is InChI=1S/C20H21N7O3S/c1-10-6-7-13(8-14(10)27-12(3)24-25-26-27)21-18(28)17-11(2)16-19(30-5)22-15(9-29-4)23-20(16)31-17/h6-8H,9H2,1-5H3,(H,21,28). The Bertz CT molecular complexity index is 1280. The average molecular weight is 440 g/mol. The number of nitrogens with zero attached hydrogens (tertiary/aromatic N) is 6. The molecule has 3 heterocycles. The van der Waals surface area contributed by atoms with Crippen LogP contribution < -0.4 is 10.1 Å². The highest BCUT2D eigenvalue weighted by Crippen LogP contribution is 2.35. The van der Waals surface area contributed by atoms with Gasteiger partial charge in [-0.3, -0.25) is 4.79 Å². The number of rotatable bonds is 6. The number of hydrogen-bond acceptors (Lipinski definition) is 9. The Morgan fingerprint density at radius 2 is 2.00 bits per heavy atom. The summed E-state index contributed by atoms with van der Waals surface area (Å²) in [5.41, 5.74) is 3.18. The van der Waals surface area contributed by atoms with Gasteiger partial charge < -0.3 is 14.8 Å². The Morgan fingerprint density at radius 3 is 2.68 bits per heavy atom. The summed E-state index contributed by atoms with van der Waals surface area (Å²) in [7, 11) is 3.12. The van der Waals surface area contributed by atoms with E-state index in [-0.39, 0.29) is 12.5 Å². The molecule has 0 bridgehead atoms. The number of thiophene rings is 1. The van der Waals surface area contributed by atoms with Crippen LogP contribution in [0.3, 0.4) is 0 Å². The SMILES string of the molecule is COCc1nc(OC)c2c(C)c(C(=O)Nc3ccc(C)c(-n4nnnc4C)c3)sc2n1. The summed E-state index contributed by atoms with van der Waals surface area (Å²) in [6.45, 7) is 5.90. The Balaban J connectivity index is 1.69. The van der Waals surface area contributed by atoms with Gasteiger partial charge in [-0.15, -0.1) is 16.4 Å². The van der Waals surface area contributed by atoms with E-state index in [0.717, 1.165) is 22.2 Å². The molecule has 10 nitrogen and oxygen atoms in total. The molecule has 0 fully saturated rings. The molecule has 0 aliphatic heterocycles. The van der Waals surface area contributed by atoms with E-state index < -0.39 is 0 Å². The van der Waals surface area contributed by atoms with Crippen molar-refractivity contribution in [2.45, 2.75) is 27.4 Å². The number of hydrogen-bond donors (Lipinski definition) is 1. The van der Waals surface area contributed by atoms with E-state index in [1.54, 1.807) is 18.9 Å². The second kappa shape index (κ2) is 8.36. The molecular formula is C20H21N7O3S. The van der Waals surface area contributed by atoms with Gasteiger partial charge in [-0.2, -0.15) is 9.67 Å². The molecule has 0 saturated carbocycles. The Kier molecular flexibility index (Phi) is 5.61. The average Bonchev–Trinajstić information content (AvgIpc) is 3.32. The molecule has 0 saturated heterocycles. The third kappa shape index (κ3) is 3.84. The van der Waals surface area contributed by atoms with Crippen molar-refractivity contribution >= 4 is 33.1 Å². The molecule has 11 heteroatoms. The molecule has 1 amide bonds. The van der Waals surface area contributed by atoms with Crippen LogP contribution in [-0.4, -0.2) is 50.3 Å².